The number of amides is 2. The van der Waals surface area contributed by atoms with Crippen LogP contribution in [0.4, 0.5) is 0 Å². The van der Waals surface area contributed by atoms with Gasteiger partial charge in [-0.1, -0.05) is 0 Å². The molecule has 2 amide bonds. The Bertz CT molecular complexity index is 312. The number of carbonyl (C=O) groups is 2. The third-order valence-electron chi connectivity index (χ3n) is 2.60. The summed E-state index contributed by atoms with van der Waals surface area (Å²) in [5.41, 5.74) is 5.17. The van der Waals surface area contributed by atoms with E-state index in [-0.39, 0.29) is 30.0 Å². The summed E-state index contributed by atoms with van der Waals surface area (Å²) in [6.45, 7) is 6.06. The van der Waals surface area contributed by atoms with E-state index >= 15 is 0 Å². The van der Waals surface area contributed by atoms with Gasteiger partial charge in [0.2, 0.25) is 11.8 Å². The fraction of sp³-hybridized carbons (Fsp3) is 0.833. The van der Waals surface area contributed by atoms with Crippen LogP contribution < -0.4 is 16.4 Å². The maximum atomic E-state index is 11.7. The third kappa shape index (κ3) is 5.01. The molecule has 1 aliphatic rings. The number of nitrogens with two attached hydrogens (primary N) is 1. The van der Waals surface area contributed by atoms with E-state index in [0.29, 0.717) is 13.0 Å². The molecule has 0 saturated carbocycles. The Labute approximate surface area is 108 Å². The molecule has 1 heterocycles. The first kappa shape index (κ1) is 14.9. The summed E-state index contributed by atoms with van der Waals surface area (Å²) in [5.74, 6) is -0.445. The molecule has 0 bridgehead atoms. The summed E-state index contributed by atoms with van der Waals surface area (Å²) in [5, 5.41) is 5.35. The van der Waals surface area contributed by atoms with E-state index in [9.17, 15) is 9.59 Å². The molecule has 0 radical (unpaired) electrons. The molecular formula is C12H23N3O3. The molecule has 1 aliphatic heterocycles. The average molecular weight is 257 g/mol. The highest BCUT2D eigenvalue weighted by Crippen LogP contribution is 2.18. The van der Waals surface area contributed by atoms with Crippen LogP contribution in [0.3, 0.4) is 0 Å². The summed E-state index contributed by atoms with van der Waals surface area (Å²) in [6, 6.07) is 0. The first-order valence-corrected chi connectivity index (χ1v) is 6.26. The zero-order valence-electron chi connectivity index (χ0n) is 11.3. The van der Waals surface area contributed by atoms with Crippen molar-refractivity contribution in [2.45, 2.75) is 51.4 Å². The molecule has 1 rings (SSSR count). The van der Waals surface area contributed by atoms with E-state index < -0.39 is 6.10 Å². The highest BCUT2D eigenvalue weighted by atomic mass is 16.5. The standard InChI is InChI=1S/C12H23N3O3/c1-12(2,3)15-10(16)7-14-11(17)9-5-4-8(6-13)18-9/h8-9H,4-7,13H2,1-3H3,(H,14,17)(H,15,16)/t8-,9+/m1/s1. The van der Waals surface area contributed by atoms with Gasteiger partial charge >= 0.3 is 0 Å². The maximum Gasteiger partial charge on any atom is 0.249 e. The minimum Gasteiger partial charge on any atom is -0.364 e. The van der Waals surface area contributed by atoms with Gasteiger partial charge < -0.3 is 21.1 Å². The van der Waals surface area contributed by atoms with Gasteiger partial charge in [0.15, 0.2) is 0 Å². The van der Waals surface area contributed by atoms with Crippen LogP contribution in [0.25, 0.3) is 0 Å². The minimum absolute atomic E-state index is 0.0245. The Kier molecular flexibility index (Phi) is 5.10. The van der Waals surface area contributed by atoms with Crippen molar-refractivity contribution in [1.29, 1.82) is 0 Å². The van der Waals surface area contributed by atoms with Gasteiger partial charge in [-0.05, 0) is 33.6 Å². The second-order valence-electron chi connectivity index (χ2n) is 5.58. The Morgan fingerprint density at radius 2 is 2.00 bits per heavy atom. The Morgan fingerprint density at radius 3 is 2.50 bits per heavy atom. The first-order chi connectivity index (χ1) is 8.31. The predicted octanol–water partition coefficient (Wildman–Crippen LogP) is -0.476. The fourth-order valence-corrected chi connectivity index (χ4v) is 1.82. The largest absolute Gasteiger partial charge is 0.364 e. The average Bonchev–Trinajstić information content (AvgIpc) is 2.72. The van der Waals surface area contributed by atoms with E-state index in [1.807, 2.05) is 20.8 Å². The number of hydrogen-bond donors (Lipinski definition) is 3. The third-order valence-corrected chi connectivity index (χ3v) is 2.60. The normalized spacial score (nSPS) is 23.8. The van der Waals surface area contributed by atoms with Gasteiger partial charge in [0.25, 0.3) is 0 Å². The lowest BCUT2D eigenvalue weighted by Gasteiger charge is -2.21. The second-order valence-corrected chi connectivity index (χ2v) is 5.58. The highest BCUT2D eigenvalue weighted by molar-refractivity contribution is 5.87. The molecule has 0 aliphatic carbocycles. The summed E-state index contributed by atoms with van der Waals surface area (Å²) in [7, 11) is 0. The SMILES string of the molecule is CC(C)(C)NC(=O)CNC(=O)[C@@H]1CC[C@H](CN)O1. The predicted molar refractivity (Wildman–Crippen MR) is 67.9 cm³/mol. The lowest BCUT2D eigenvalue weighted by molar-refractivity contribution is -0.134. The van der Waals surface area contributed by atoms with Crippen molar-refractivity contribution in [2.24, 2.45) is 5.73 Å². The van der Waals surface area contributed by atoms with E-state index in [1.54, 1.807) is 0 Å². The zero-order chi connectivity index (χ0) is 13.8. The molecule has 0 spiro atoms. The van der Waals surface area contributed by atoms with E-state index in [0.717, 1.165) is 6.42 Å². The van der Waals surface area contributed by atoms with Gasteiger partial charge in [-0.15, -0.1) is 0 Å². The van der Waals surface area contributed by atoms with Gasteiger partial charge in [-0.2, -0.15) is 0 Å². The number of ether oxygens (including phenoxy) is 1. The maximum absolute atomic E-state index is 11.7. The second kappa shape index (κ2) is 6.15. The summed E-state index contributed by atoms with van der Waals surface area (Å²) in [6.07, 6.45) is 0.947. The van der Waals surface area contributed by atoms with Crippen molar-refractivity contribution in [3.05, 3.63) is 0 Å². The van der Waals surface area contributed by atoms with Crippen molar-refractivity contribution >= 4 is 11.8 Å². The van der Waals surface area contributed by atoms with Crippen molar-refractivity contribution in [3.8, 4) is 0 Å². The smallest absolute Gasteiger partial charge is 0.249 e. The zero-order valence-corrected chi connectivity index (χ0v) is 11.3. The number of nitrogens with one attached hydrogen (secondary N) is 2. The van der Waals surface area contributed by atoms with Crippen LogP contribution >= 0.6 is 0 Å². The lowest BCUT2D eigenvalue weighted by Crippen LogP contribution is -2.47. The molecule has 1 saturated heterocycles. The van der Waals surface area contributed by atoms with E-state index in [4.69, 9.17) is 10.5 Å². The topological polar surface area (TPSA) is 93.5 Å². The van der Waals surface area contributed by atoms with E-state index in [1.165, 1.54) is 0 Å². The summed E-state index contributed by atoms with van der Waals surface area (Å²) < 4.78 is 5.44. The summed E-state index contributed by atoms with van der Waals surface area (Å²) in [4.78, 5) is 23.2. The first-order valence-electron chi connectivity index (χ1n) is 6.26. The molecule has 104 valence electrons. The van der Waals surface area contributed by atoms with Crippen LogP contribution in [0.2, 0.25) is 0 Å². The fourth-order valence-electron chi connectivity index (χ4n) is 1.82. The molecule has 1 fully saturated rings. The number of carbonyl (C=O) groups excluding carboxylic acids is 2. The Morgan fingerprint density at radius 1 is 1.33 bits per heavy atom. The van der Waals surface area contributed by atoms with Crippen molar-refractivity contribution in [1.82, 2.24) is 10.6 Å². The minimum atomic E-state index is -0.471. The van der Waals surface area contributed by atoms with Crippen molar-refractivity contribution in [3.63, 3.8) is 0 Å². The van der Waals surface area contributed by atoms with Crippen LogP contribution in [-0.4, -0.2) is 42.7 Å². The van der Waals surface area contributed by atoms with Gasteiger partial charge in [0.05, 0.1) is 12.6 Å². The Hall–Kier alpha value is -1.14. The Balaban J connectivity index is 2.27. The molecule has 4 N–H and O–H groups in total. The summed E-state index contributed by atoms with van der Waals surface area (Å²) >= 11 is 0. The number of hydrogen-bond acceptors (Lipinski definition) is 4. The van der Waals surface area contributed by atoms with E-state index in [2.05, 4.69) is 10.6 Å². The van der Waals surface area contributed by atoms with Gasteiger partial charge in [-0.25, -0.2) is 0 Å². The van der Waals surface area contributed by atoms with Crippen molar-refractivity contribution < 1.29 is 14.3 Å². The molecule has 0 unspecified atom stereocenters. The van der Waals surface area contributed by atoms with Crippen molar-refractivity contribution in [2.75, 3.05) is 13.1 Å². The number of rotatable bonds is 4. The molecule has 2 atom stereocenters. The lowest BCUT2D eigenvalue weighted by atomic mass is 10.1. The molecule has 0 aromatic rings. The van der Waals surface area contributed by atoms with Gasteiger partial charge in [0.1, 0.15) is 6.10 Å². The van der Waals surface area contributed by atoms with Crippen LogP contribution in [-0.2, 0) is 14.3 Å². The highest BCUT2D eigenvalue weighted by Gasteiger charge is 2.29. The van der Waals surface area contributed by atoms with Gasteiger partial charge in [0, 0.05) is 12.1 Å². The molecule has 18 heavy (non-hydrogen) atoms. The van der Waals surface area contributed by atoms with Gasteiger partial charge in [-0.3, -0.25) is 9.59 Å². The van der Waals surface area contributed by atoms with Crippen LogP contribution in [0.5, 0.6) is 0 Å². The quantitative estimate of drug-likeness (QED) is 0.634. The molecule has 0 aromatic carbocycles. The molecule has 6 heteroatoms. The van der Waals surface area contributed by atoms with Crippen LogP contribution in [0.1, 0.15) is 33.6 Å². The van der Waals surface area contributed by atoms with Crippen LogP contribution in [0.15, 0.2) is 0 Å². The molecule has 0 aromatic heterocycles. The molecule has 6 nitrogen and oxygen atoms in total. The molecular weight excluding hydrogens is 234 g/mol. The monoisotopic (exact) mass is 257 g/mol. The van der Waals surface area contributed by atoms with Crippen LogP contribution in [0, 0.1) is 0 Å².